The fourth-order valence-corrected chi connectivity index (χ4v) is 3.37. The van der Waals surface area contributed by atoms with Crippen LogP contribution in [0.5, 0.6) is 0 Å². The van der Waals surface area contributed by atoms with Gasteiger partial charge in [-0.2, -0.15) is 0 Å². The molecular formula is C15H22BrN3O. The molecule has 2 aliphatic rings. The van der Waals surface area contributed by atoms with Gasteiger partial charge in [-0.25, -0.2) is 4.98 Å². The molecule has 2 saturated heterocycles. The van der Waals surface area contributed by atoms with Gasteiger partial charge in [-0.05, 0) is 47.3 Å². The first kappa shape index (κ1) is 14.3. The largest absolute Gasteiger partial charge is 0.381 e. The van der Waals surface area contributed by atoms with Crippen LogP contribution in [0, 0.1) is 0 Å². The highest BCUT2D eigenvalue weighted by Gasteiger charge is 2.24. The number of hydrogen-bond acceptors (Lipinski definition) is 4. The average Bonchev–Trinajstić information content (AvgIpc) is 2.75. The summed E-state index contributed by atoms with van der Waals surface area (Å²) in [6, 6.07) is 4.90. The summed E-state index contributed by atoms with van der Waals surface area (Å²) in [5.74, 6) is 1.10. The maximum atomic E-state index is 5.47. The van der Waals surface area contributed by atoms with Crippen LogP contribution in [-0.2, 0) is 4.74 Å². The van der Waals surface area contributed by atoms with E-state index in [9.17, 15) is 0 Å². The Morgan fingerprint density at radius 3 is 2.70 bits per heavy atom. The molecule has 2 fully saturated rings. The third-order valence-corrected chi connectivity index (χ3v) is 4.74. The van der Waals surface area contributed by atoms with Crippen LogP contribution in [-0.4, -0.2) is 55.3 Å². The van der Waals surface area contributed by atoms with Gasteiger partial charge in [-0.3, -0.25) is 4.90 Å². The number of halogens is 1. The van der Waals surface area contributed by atoms with E-state index < -0.39 is 0 Å². The molecule has 0 amide bonds. The SMILES string of the molecule is Brc1ccc(N2CCCN(C3CCOCC3)CC2)nc1. The van der Waals surface area contributed by atoms with E-state index >= 15 is 0 Å². The lowest BCUT2D eigenvalue weighted by molar-refractivity contribution is 0.0365. The number of rotatable bonds is 2. The van der Waals surface area contributed by atoms with E-state index in [0.717, 1.165) is 49.2 Å². The van der Waals surface area contributed by atoms with E-state index in [4.69, 9.17) is 4.74 Å². The molecule has 20 heavy (non-hydrogen) atoms. The van der Waals surface area contributed by atoms with Crippen molar-refractivity contribution in [2.75, 3.05) is 44.3 Å². The van der Waals surface area contributed by atoms with Crippen LogP contribution >= 0.6 is 15.9 Å². The van der Waals surface area contributed by atoms with Crippen molar-refractivity contribution in [3.63, 3.8) is 0 Å². The van der Waals surface area contributed by atoms with Gasteiger partial charge < -0.3 is 9.64 Å². The number of pyridine rings is 1. The van der Waals surface area contributed by atoms with Crippen molar-refractivity contribution in [1.82, 2.24) is 9.88 Å². The molecule has 0 bridgehead atoms. The minimum absolute atomic E-state index is 0.724. The molecule has 0 N–H and O–H groups in total. The predicted octanol–water partition coefficient (Wildman–Crippen LogP) is 2.54. The van der Waals surface area contributed by atoms with Crippen LogP contribution < -0.4 is 4.90 Å². The summed E-state index contributed by atoms with van der Waals surface area (Å²) < 4.78 is 6.51. The van der Waals surface area contributed by atoms with Crippen molar-refractivity contribution in [3.05, 3.63) is 22.8 Å². The Morgan fingerprint density at radius 2 is 1.95 bits per heavy atom. The zero-order valence-electron chi connectivity index (χ0n) is 11.8. The zero-order chi connectivity index (χ0) is 13.8. The highest BCUT2D eigenvalue weighted by molar-refractivity contribution is 9.10. The van der Waals surface area contributed by atoms with Gasteiger partial charge in [0.25, 0.3) is 0 Å². The highest BCUT2D eigenvalue weighted by atomic mass is 79.9. The number of anilines is 1. The van der Waals surface area contributed by atoms with Crippen LogP contribution in [0.15, 0.2) is 22.8 Å². The normalized spacial score (nSPS) is 22.8. The molecule has 4 nitrogen and oxygen atoms in total. The second-order valence-electron chi connectivity index (χ2n) is 5.55. The molecule has 5 heteroatoms. The maximum absolute atomic E-state index is 5.47. The van der Waals surface area contributed by atoms with E-state index in [-0.39, 0.29) is 0 Å². The van der Waals surface area contributed by atoms with Gasteiger partial charge in [0.1, 0.15) is 5.82 Å². The Balaban J connectivity index is 1.60. The lowest BCUT2D eigenvalue weighted by Crippen LogP contribution is -2.41. The first-order valence-electron chi connectivity index (χ1n) is 7.51. The topological polar surface area (TPSA) is 28.6 Å². The van der Waals surface area contributed by atoms with Crippen molar-refractivity contribution in [2.45, 2.75) is 25.3 Å². The second-order valence-corrected chi connectivity index (χ2v) is 6.47. The molecule has 0 aliphatic carbocycles. The fraction of sp³-hybridized carbons (Fsp3) is 0.667. The Kier molecular flexibility index (Phi) is 4.91. The van der Waals surface area contributed by atoms with Crippen LogP contribution in [0.2, 0.25) is 0 Å². The maximum Gasteiger partial charge on any atom is 0.128 e. The lowest BCUT2D eigenvalue weighted by atomic mass is 10.1. The Bertz CT molecular complexity index is 420. The summed E-state index contributed by atoms with van der Waals surface area (Å²) in [4.78, 5) is 9.58. The van der Waals surface area contributed by atoms with E-state index in [0.29, 0.717) is 0 Å². The number of ether oxygens (including phenoxy) is 1. The van der Waals surface area contributed by atoms with E-state index in [2.05, 4.69) is 42.8 Å². The summed E-state index contributed by atoms with van der Waals surface area (Å²) in [5, 5.41) is 0. The first-order chi connectivity index (χ1) is 9.83. The van der Waals surface area contributed by atoms with Crippen LogP contribution in [0.4, 0.5) is 5.82 Å². The molecule has 3 heterocycles. The molecular weight excluding hydrogens is 318 g/mol. The van der Waals surface area contributed by atoms with Crippen LogP contribution in [0.25, 0.3) is 0 Å². The Morgan fingerprint density at radius 1 is 1.10 bits per heavy atom. The summed E-state index contributed by atoms with van der Waals surface area (Å²) in [7, 11) is 0. The van der Waals surface area contributed by atoms with Crippen LogP contribution in [0.1, 0.15) is 19.3 Å². The lowest BCUT2D eigenvalue weighted by Gasteiger charge is -2.33. The van der Waals surface area contributed by atoms with Gasteiger partial charge in [0.2, 0.25) is 0 Å². The minimum atomic E-state index is 0.724. The second kappa shape index (κ2) is 6.87. The quantitative estimate of drug-likeness (QED) is 0.827. The van der Waals surface area contributed by atoms with E-state index in [1.54, 1.807) is 0 Å². The number of hydrogen-bond donors (Lipinski definition) is 0. The molecule has 0 atom stereocenters. The molecule has 1 aromatic heterocycles. The van der Waals surface area contributed by atoms with Gasteiger partial charge in [0.05, 0.1) is 0 Å². The smallest absolute Gasteiger partial charge is 0.128 e. The molecule has 0 unspecified atom stereocenters. The van der Waals surface area contributed by atoms with Gasteiger partial charge >= 0.3 is 0 Å². The van der Waals surface area contributed by atoms with Gasteiger partial charge in [0, 0.05) is 56.1 Å². The third kappa shape index (κ3) is 3.51. The average molecular weight is 340 g/mol. The third-order valence-electron chi connectivity index (χ3n) is 4.27. The minimum Gasteiger partial charge on any atom is -0.381 e. The Labute approximate surface area is 129 Å². The van der Waals surface area contributed by atoms with Gasteiger partial charge in [-0.15, -0.1) is 0 Å². The molecule has 2 aliphatic heterocycles. The van der Waals surface area contributed by atoms with Crippen molar-refractivity contribution in [3.8, 4) is 0 Å². The summed E-state index contributed by atoms with van der Waals surface area (Å²) in [6.07, 6.45) is 5.48. The van der Waals surface area contributed by atoms with Crippen molar-refractivity contribution >= 4 is 21.7 Å². The molecule has 1 aromatic rings. The summed E-state index contributed by atoms with van der Waals surface area (Å²) in [5.41, 5.74) is 0. The van der Waals surface area contributed by atoms with E-state index in [1.165, 1.54) is 25.8 Å². The summed E-state index contributed by atoms with van der Waals surface area (Å²) in [6.45, 7) is 6.39. The molecule has 0 radical (unpaired) electrons. The van der Waals surface area contributed by atoms with Crippen LogP contribution in [0.3, 0.4) is 0 Å². The molecule has 3 rings (SSSR count). The summed E-state index contributed by atoms with van der Waals surface area (Å²) >= 11 is 3.45. The Hall–Kier alpha value is -0.650. The number of nitrogens with zero attached hydrogens (tertiary/aromatic N) is 3. The van der Waals surface area contributed by atoms with Crippen molar-refractivity contribution in [1.29, 1.82) is 0 Å². The van der Waals surface area contributed by atoms with E-state index in [1.807, 2.05) is 6.20 Å². The standard InChI is InChI=1S/C15H22BrN3O/c16-13-2-3-15(17-12-13)19-7-1-6-18(8-9-19)14-4-10-20-11-5-14/h2-3,12,14H,1,4-11H2. The molecule has 0 aromatic carbocycles. The first-order valence-corrected chi connectivity index (χ1v) is 8.30. The van der Waals surface area contributed by atoms with Gasteiger partial charge in [-0.1, -0.05) is 0 Å². The fourth-order valence-electron chi connectivity index (χ4n) is 3.14. The molecule has 0 spiro atoms. The number of aromatic nitrogens is 1. The van der Waals surface area contributed by atoms with Crippen molar-refractivity contribution < 1.29 is 4.74 Å². The highest BCUT2D eigenvalue weighted by Crippen LogP contribution is 2.20. The monoisotopic (exact) mass is 339 g/mol. The zero-order valence-corrected chi connectivity index (χ0v) is 13.4. The molecule has 110 valence electrons. The molecule has 0 saturated carbocycles. The van der Waals surface area contributed by atoms with Gasteiger partial charge in [0.15, 0.2) is 0 Å². The van der Waals surface area contributed by atoms with Crippen molar-refractivity contribution in [2.24, 2.45) is 0 Å². The predicted molar refractivity (Wildman–Crippen MR) is 84.2 cm³/mol.